The molecule has 0 saturated heterocycles. The van der Waals surface area contributed by atoms with Gasteiger partial charge in [-0.3, -0.25) is 0 Å². The van der Waals surface area contributed by atoms with E-state index in [9.17, 15) is 0 Å². The average Bonchev–Trinajstić information content (AvgIpc) is 2.97. The molecule has 0 saturated carbocycles. The molecule has 3 aromatic rings. The van der Waals surface area contributed by atoms with Crippen molar-refractivity contribution < 1.29 is 0 Å². The molecule has 0 aliphatic rings. The number of hydrogen-bond acceptors (Lipinski definition) is 4. The molecule has 4 heteroatoms. The Balaban J connectivity index is 1.85. The van der Waals surface area contributed by atoms with Gasteiger partial charge < -0.3 is 5.32 Å². The number of anilines is 1. The van der Waals surface area contributed by atoms with E-state index in [1.165, 1.54) is 11.1 Å². The van der Waals surface area contributed by atoms with E-state index in [2.05, 4.69) is 71.0 Å². The zero-order valence-corrected chi connectivity index (χ0v) is 12.0. The summed E-state index contributed by atoms with van der Waals surface area (Å²) in [4.78, 5) is 0. The lowest BCUT2D eigenvalue weighted by molar-refractivity contribution is 1.07. The molecule has 1 aromatic heterocycles. The summed E-state index contributed by atoms with van der Waals surface area (Å²) in [5.41, 5.74) is 3.54. The summed E-state index contributed by atoms with van der Waals surface area (Å²) in [7, 11) is 0. The van der Waals surface area contributed by atoms with Gasteiger partial charge in [0.15, 0.2) is 0 Å². The third-order valence-corrected chi connectivity index (χ3v) is 3.92. The molecule has 0 radical (unpaired) electrons. The lowest BCUT2D eigenvalue weighted by Crippen LogP contribution is -1.94. The zero-order chi connectivity index (χ0) is 13.8. The van der Waals surface area contributed by atoms with Gasteiger partial charge in [-0.05, 0) is 18.1 Å². The fourth-order valence-corrected chi connectivity index (χ4v) is 2.82. The monoisotopic (exact) mass is 281 g/mol. The first-order valence-corrected chi connectivity index (χ1v) is 7.41. The lowest BCUT2D eigenvalue weighted by atomic mass is 10.0. The quantitative estimate of drug-likeness (QED) is 0.774. The second-order valence-corrected chi connectivity index (χ2v) is 5.36. The Morgan fingerprint density at radius 2 is 1.50 bits per heavy atom. The number of aromatic nitrogens is 2. The Kier molecular flexibility index (Phi) is 3.74. The molecule has 1 N–H and O–H groups in total. The molecule has 0 fully saturated rings. The van der Waals surface area contributed by atoms with Gasteiger partial charge in [-0.2, -0.15) is 0 Å². The summed E-state index contributed by atoms with van der Waals surface area (Å²) in [5.74, 6) is 0. The number of hydrogen-bond donors (Lipinski definition) is 1. The smallest absolute Gasteiger partial charge is 0.205 e. The third kappa shape index (κ3) is 2.70. The van der Waals surface area contributed by atoms with E-state index < -0.39 is 0 Å². The van der Waals surface area contributed by atoms with Crippen LogP contribution in [0.2, 0.25) is 0 Å². The van der Waals surface area contributed by atoms with Crippen molar-refractivity contribution in [1.29, 1.82) is 0 Å². The first-order valence-electron chi connectivity index (χ1n) is 6.60. The second kappa shape index (κ2) is 5.84. The maximum absolute atomic E-state index is 4.21. The van der Waals surface area contributed by atoms with Crippen LogP contribution in [0.15, 0.2) is 54.6 Å². The van der Waals surface area contributed by atoms with Crippen LogP contribution < -0.4 is 5.32 Å². The molecule has 3 nitrogen and oxygen atoms in total. The van der Waals surface area contributed by atoms with Crippen molar-refractivity contribution in [2.45, 2.75) is 6.92 Å². The van der Waals surface area contributed by atoms with Crippen LogP contribution in [0.4, 0.5) is 5.13 Å². The van der Waals surface area contributed by atoms with Gasteiger partial charge >= 0.3 is 0 Å². The summed E-state index contributed by atoms with van der Waals surface area (Å²) >= 11 is 1.58. The van der Waals surface area contributed by atoms with E-state index >= 15 is 0 Å². The molecule has 0 aliphatic carbocycles. The van der Waals surface area contributed by atoms with Crippen molar-refractivity contribution in [3.05, 3.63) is 54.6 Å². The molecule has 0 aliphatic heterocycles. The minimum atomic E-state index is 0.863. The maximum atomic E-state index is 4.21. The van der Waals surface area contributed by atoms with Crippen molar-refractivity contribution in [2.24, 2.45) is 0 Å². The molecule has 0 unspecified atom stereocenters. The molecule has 20 heavy (non-hydrogen) atoms. The van der Waals surface area contributed by atoms with E-state index in [4.69, 9.17) is 0 Å². The van der Waals surface area contributed by atoms with Gasteiger partial charge in [-0.25, -0.2) is 0 Å². The van der Waals surface area contributed by atoms with Crippen LogP contribution in [-0.2, 0) is 0 Å². The Morgan fingerprint density at radius 3 is 2.20 bits per heavy atom. The summed E-state index contributed by atoms with van der Waals surface area (Å²) in [6.45, 7) is 2.91. The first-order chi connectivity index (χ1) is 9.86. The number of nitrogens with zero attached hydrogens (tertiary/aromatic N) is 2. The van der Waals surface area contributed by atoms with Crippen LogP contribution in [0, 0.1) is 0 Å². The average molecular weight is 281 g/mol. The van der Waals surface area contributed by atoms with Gasteiger partial charge in [-0.15, -0.1) is 10.2 Å². The SMILES string of the molecule is CCNc1nnc(-c2ccc(-c3ccccc3)cc2)s1. The maximum Gasteiger partial charge on any atom is 0.205 e. The highest BCUT2D eigenvalue weighted by molar-refractivity contribution is 7.18. The molecule has 100 valence electrons. The van der Waals surface area contributed by atoms with Crippen molar-refractivity contribution in [2.75, 3.05) is 11.9 Å². The van der Waals surface area contributed by atoms with Crippen molar-refractivity contribution >= 4 is 16.5 Å². The standard InChI is InChI=1S/C16H15N3S/c1-2-17-16-19-18-15(20-16)14-10-8-13(9-11-14)12-6-4-3-5-7-12/h3-11H,2H2,1H3,(H,17,19). The molecule has 1 heterocycles. The predicted molar refractivity (Wildman–Crippen MR) is 84.9 cm³/mol. The molecule has 0 atom stereocenters. The van der Waals surface area contributed by atoms with Crippen LogP contribution in [0.5, 0.6) is 0 Å². The molecule has 0 bridgehead atoms. The van der Waals surface area contributed by atoms with Crippen molar-refractivity contribution in [1.82, 2.24) is 10.2 Å². The predicted octanol–water partition coefficient (Wildman–Crippen LogP) is 4.30. The summed E-state index contributed by atoms with van der Waals surface area (Å²) in [5, 5.41) is 13.3. The van der Waals surface area contributed by atoms with Crippen LogP contribution in [0.3, 0.4) is 0 Å². The van der Waals surface area contributed by atoms with Gasteiger partial charge in [0.05, 0.1) is 0 Å². The normalized spacial score (nSPS) is 10.4. The molecule has 3 rings (SSSR count). The number of benzene rings is 2. The van der Waals surface area contributed by atoms with Crippen molar-refractivity contribution in [3.63, 3.8) is 0 Å². The Morgan fingerprint density at radius 1 is 0.850 bits per heavy atom. The zero-order valence-electron chi connectivity index (χ0n) is 11.2. The third-order valence-electron chi connectivity index (χ3n) is 2.99. The van der Waals surface area contributed by atoms with Crippen molar-refractivity contribution in [3.8, 4) is 21.7 Å². The van der Waals surface area contributed by atoms with E-state index in [1.807, 2.05) is 6.07 Å². The van der Waals surface area contributed by atoms with Gasteiger partial charge in [0.2, 0.25) is 5.13 Å². The first kappa shape index (κ1) is 12.8. The molecule has 2 aromatic carbocycles. The fraction of sp³-hybridized carbons (Fsp3) is 0.125. The molecular formula is C16H15N3S. The van der Waals surface area contributed by atoms with E-state index in [0.29, 0.717) is 0 Å². The van der Waals surface area contributed by atoms with E-state index in [0.717, 1.165) is 22.2 Å². The minimum Gasteiger partial charge on any atom is -0.360 e. The highest BCUT2D eigenvalue weighted by Gasteiger charge is 2.06. The van der Waals surface area contributed by atoms with Crippen LogP contribution in [0.1, 0.15) is 6.92 Å². The number of rotatable bonds is 4. The largest absolute Gasteiger partial charge is 0.360 e. The Labute approximate surface area is 122 Å². The Bertz CT molecular complexity index is 674. The van der Waals surface area contributed by atoms with E-state index in [-0.39, 0.29) is 0 Å². The minimum absolute atomic E-state index is 0.863. The van der Waals surface area contributed by atoms with E-state index in [1.54, 1.807) is 11.3 Å². The topological polar surface area (TPSA) is 37.8 Å². The second-order valence-electron chi connectivity index (χ2n) is 4.39. The van der Waals surface area contributed by atoms with Gasteiger partial charge in [0.25, 0.3) is 0 Å². The highest BCUT2D eigenvalue weighted by atomic mass is 32.1. The van der Waals surface area contributed by atoms with Crippen LogP contribution in [-0.4, -0.2) is 16.7 Å². The highest BCUT2D eigenvalue weighted by Crippen LogP contribution is 2.28. The lowest BCUT2D eigenvalue weighted by Gasteiger charge is -2.02. The molecular weight excluding hydrogens is 266 g/mol. The summed E-state index contributed by atoms with van der Waals surface area (Å²) in [6.07, 6.45) is 0. The van der Waals surface area contributed by atoms with Gasteiger partial charge in [0.1, 0.15) is 5.01 Å². The summed E-state index contributed by atoms with van der Waals surface area (Å²) in [6, 6.07) is 18.8. The van der Waals surface area contributed by atoms with Crippen LogP contribution in [0.25, 0.3) is 21.7 Å². The molecule has 0 spiro atoms. The van der Waals surface area contributed by atoms with Crippen LogP contribution >= 0.6 is 11.3 Å². The van der Waals surface area contributed by atoms with Gasteiger partial charge in [0, 0.05) is 12.1 Å². The number of nitrogens with one attached hydrogen (secondary N) is 1. The summed E-state index contributed by atoms with van der Waals surface area (Å²) < 4.78 is 0. The Hall–Kier alpha value is -2.20. The van der Waals surface area contributed by atoms with Gasteiger partial charge in [-0.1, -0.05) is 65.9 Å². The molecule has 0 amide bonds. The fourth-order valence-electron chi connectivity index (χ4n) is 2.00.